The highest BCUT2D eigenvalue weighted by Crippen LogP contribution is 2.14. The van der Waals surface area contributed by atoms with Crippen LogP contribution in [0.4, 0.5) is 0 Å². The minimum absolute atomic E-state index is 0.301. The number of rotatable bonds is 24. The largest absolute Gasteiger partial charge is 0.379 e. The first kappa shape index (κ1) is 29.7. The van der Waals surface area contributed by atoms with Crippen LogP contribution in [-0.2, 0) is 9.47 Å². The fourth-order valence-corrected chi connectivity index (χ4v) is 3.81. The van der Waals surface area contributed by atoms with E-state index in [0.29, 0.717) is 6.10 Å². The van der Waals surface area contributed by atoms with E-state index < -0.39 is 0 Å². The summed E-state index contributed by atoms with van der Waals surface area (Å²) in [6, 6.07) is 0. The van der Waals surface area contributed by atoms with Crippen LogP contribution in [0.15, 0.2) is 12.2 Å². The Bertz CT molecular complexity index is 340. The van der Waals surface area contributed by atoms with E-state index in [9.17, 15) is 0 Å². The number of ether oxygens (including phenoxy) is 2. The van der Waals surface area contributed by atoms with E-state index in [1.807, 2.05) is 0 Å². The van der Waals surface area contributed by atoms with Crippen molar-refractivity contribution in [3.63, 3.8) is 0 Å². The van der Waals surface area contributed by atoms with E-state index in [0.717, 1.165) is 38.6 Å². The van der Waals surface area contributed by atoms with Crippen LogP contribution in [0.1, 0.15) is 137 Å². The van der Waals surface area contributed by atoms with E-state index in [2.05, 4.69) is 39.8 Å². The fraction of sp³-hybridized carbons (Fsp3) is 0.929. The summed E-state index contributed by atoms with van der Waals surface area (Å²) in [6.45, 7) is 11.6. The third-order valence-corrected chi connectivity index (χ3v) is 5.90. The molecule has 30 heavy (non-hydrogen) atoms. The lowest BCUT2D eigenvalue weighted by atomic mass is 10.0. The summed E-state index contributed by atoms with van der Waals surface area (Å²) in [5, 5.41) is 0. The van der Waals surface area contributed by atoms with Crippen molar-refractivity contribution in [1.82, 2.24) is 0 Å². The van der Waals surface area contributed by atoms with Gasteiger partial charge in [-0.1, -0.05) is 110 Å². The molecule has 2 unspecified atom stereocenters. The Morgan fingerprint density at radius 3 is 2.03 bits per heavy atom. The van der Waals surface area contributed by atoms with Gasteiger partial charge in [0.2, 0.25) is 0 Å². The predicted molar refractivity (Wildman–Crippen MR) is 134 cm³/mol. The van der Waals surface area contributed by atoms with Gasteiger partial charge in [0.15, 0.2) is 0 Å². The molecule has 0 aliphatic carbocycles. The number of allylic oxidation sites excluding steroid dienone is 2. The average Bonchev–Trinajstić information content (AvgIpc) is 2.74. The van der Waals surface area contributed by atoms with Crippen molar-refractivity contribution in [2.75, 3.05) is 19.8 Å². The van der Waals surface area contributed by atoms with Gasteiger partial charge in [0.25, 0.3) is 0 Å². The zero-order valence-electron chi connectivity index (χ0n) is 21.3. The van der Waals surface area contributed by atoms with Crippen LogP contribution < -0.4 is 0 Å². The van der Waals surface area contributed by atoms with E-state index >= 15 is 0 Å². The zero-order chi connectivity index (χ0) is 22.1. The van der Waals surface area contributed by atoms with Crippen molar-refractivity contribution in [3.05, 3.63) is 12.2 Å². The second-order valence-electron chi connectivity index (χ2n) is 9.23. The summed E-state index contributed by atoms with van der Waals surface area (Å²) in [7, 11) is 0. The summed E-state index contributed by atoms with van der Waals surface area (Å²) in [5.41, 5.74) is 0. The molecule has 0 amide bonds. The maximum atomic E-state index is 5.94. The quantitative estimate of drug-likeness (QED) is 0.113. The molecular weight excluding hydrogens is 368 g/mol. The summed E-state index contributed by atoms with van der Waals surface area (Å²) in [6.07, 6.45) is 27.5. The van der Waals surface area contributed by atoms with Crippen LogP contribution in [-0.4, -0.2) is 25.9 Å². The Balaban J connectivity index is 3.45. The molecular formula is C28H56O2. The minimum atomic E-state index is 0.301. The first-order valence-corrected chi connectivity index (χ1v) is 13.6. The van der Waals surface area contributed by atoms with Crippen LogP contribution in [0.3, 0.4) is 0 Å². The van der Waals surface area contributed by atoms with Gasteiger partial charge in [0, 0.05) is 13.2 Å². The average molecular weight is 425 g/mol. The van der Waals surface area contributed by atoms with Crippen molar-refractivity contribution >= 4 is 0 Å². The molecule has 0 aliphatic heterocycles. The monoisotopic (exact) mass is 424 g/mol. The summed E-state index contributed by atoms with van der Waals surface area (Å²) in [4.78, 5) is 0. The Morgan fingerprint density at radius 2 is 1.30 bits per heavy atom. The third kappa shape index (κ3) is 22.3. The van der Waals surface area contributed by atoms with Crippen molar-refractivity contribution in [3.8, 4) is 0 Å². The molecule has 0 heterocycles. The van der Waals surface area contributed by atoms with Crippen LogP contribution in [0.5, 0.6) is 0 Å². The minimum Gasteiger partial charge on any atom is -0.379 e. The van der Waals surface area contributed by atoms with Gasteiger partial charge in [0.1, 0.15) is 0 Å². The molecule has 0 aliphatic rings. The smallest absolute Gasteiger partial charge is 0.0808 e. The highest BCUT2D eigenvalue weighted by Gasteiger charge is 2.07. The zero-order valence-corrected chi connectivity index (χ0v) is 21.3. The predicted octanol–water partition coefficient (Wildman–Crippen LogP) is 9.27. The van der Waals surface area contributed by atoms with Crippen molar-refractivity contribution < 1.29 is 9.47 Å². The van der Waals surface area contributed by atoms with Gasteiger partial charge in [-0.2, -0.15) is 0 Å². The first-order valence-electron chi connectivity index (χ1n) is 13.6. The van der Waals surface area contributed by atoms with Gasteiger partial charge in [-0.25, -0.2) is 0 Å². The van der Waals surface area contributed by atoms with E-state index in [4.69, 9.17) is 9.47 Å². The fourth-order valence-electron chi connectivity index (χ4n) is 3.81. The van der Waals surface area contributed by atoms with Gasteiger partial charge < -0.3 is 9.47 Å². The van der Waals surface area contributed by atoms with Crippen molar-refractivity contribution in [2.45, 2.75) is 143 Å². The van der Waals surface area contributed by atoms with Gasteiger partial charge >= 0.3 is 0 Å². The highest BCUT2D eigenvalue weighted by molar-refractivity contribution is 4.86. The molecule has 0 radical (unpaired) electrons. The number of hydrogen-bond donors (Lipinski definition) is 0. The van der Waals surface area contributed by atoms with Crippen LogP contribution in [0.25, 0.3) is 0 Å². The summed E-state index contributed by atoms with van der Waals surface area (Å²) < 4.78 is 11.8. The lowest BCUT2D eigenvalue weighted by Gasteiger charge is -2.17. The maximum absolute atomic E-state index is 5.94. The number of hydrogen-bond acceptors (Lipinski definition) is 2. The molecule has 0 bridgehead atoms. The Morgan fingerprint density at radius 1 is 0.633 bits per heavy atom. The molecule has 0 aromatic heterocycles. The molecule has 0 rings (SSSR count). The molecule has 0 saturated carbocycles. The molecule has 0 fully saturated rings. The lowest BCUT2D eigenvalue weighted by molar-refractivity contribution is -0.0223. The van der Waals surface area contributed by atoms with Gasteiger partial charge in [-0.3, -0.25) is 0 Å². The normalized spacial score (nSPS) is 13.9. The third-order valence-electron chi connectivity index (χ3n) is 5.90. The highest BCUT2D eigenvalue weighted by atomic mass is 16.5. The summed E-state index contributed by atoms with van der Waals surface area (Å²) >= 11 is 0. The lowest BCUT2D eigenvalue weighted by Crippen LogP contribution is -2.20. The summed E-state index contributed by atoms with van der Waals surface area (Å²) in [5.74, 6) is 0.737. The van der Waals surface area contributed by atoms with Gasteiger partial charge in [0.05, 0.1) is 12.7 Å². The molecule has 0 aromatic rings. The van der Waals surface area contributed by atoms with E-state index in [-0.39, 0.29) is 0 Å². The van der Waals surface area contributed by atoms with Crippen LogP contribution >= 0.6 is 0 Å². The molecule has 2 nitrogen and oxygen atoms in total. The number of unbranched alkanes of at least 4 members (excludes halogenated alkanes) is 11. The van der Waals surface area contributed by atoms with E-state index in [1.165, 1.54) is 96.3 Å². The second-order valence-corrected chi connectivity index (χ2v) is 9.23. The topological polar surface area (TPSA) is 18.5 Å². The Labute approximate surface area is 190 Å². The molecule has 0 saturated heterocycles. The molecule has 2 heteroatoms. The van der Waals surface area contributed by atoms with E-state index in [1.54, 1.807) is 0 Å². The molecule has 0 aromatic carbocycles. The molecule has 2 atom stereocenters. The van der Waals surface area contributed by atoms with Crippen molar-refractivity contribution in [1.29, 1.82) is 0 Å². The Kier molecular flexibility index (Phi) is 24.6. The molecule has 0 N–H and O–H groups in total. The Hall–Kier alpha value is -0.340. The second kappa shape index (κ2) is 24.9. The van der Waals surface area contributed by atoms with Crippen LogP contribution in [0.2, 0.25) is 0 Å². The first-order chi connectivity index (χ1) is 14.7. The molecule has 180 valence electrons. The maximum Gasteiger partial charge on any atom is 0.0808 e. The molecule has 0 spiro atoms. The van der Waals surface area contributed by atoms with Gasteiger partial charge in [-0.15, -0.1) is 0 Å². The SMILES string of the molecule is CCCCCCCCC/C=C/C(C)CCCCCCOCC(CCC)OCCCC. The standard InChI is InChI=1S/C28H56O2/c1-5-8-10-11-12-13-14-15-18-22-27(4)23-19-16-17-20-24-29-26-28(21-7-3)30-25-9-6-2/h18,22,27-28H,5-17,19-21,23-26H2,1-4H3/b22-18+. The van der Waals surface area contributed by atoms with Gasteiger partial charge in [-0.05, 0) is 44.4 Å². The van der Waals surface area contributed by atoms with Crippen LogP contribution in [0, 0.1) is 5.92 Å². The van der Waals surface area contributed by atoms with Crippen molar-refractivity contribution in [2.24, 2.45) is 5.92 Å².